The number of aromatic hydroxyl groups is 6. The fraction of sp³-hybridized carbons (Fsp3) is 0. The summed E-state index contributed by atoms with van der Waals surface area (Å²) in [4.78, 5) is 35.8. The Labute approximate surface area is 275 Å². The van der Waals surface area contributed by atoms with E-state index >= 15 is 0 Å². The van der Waals surface area contributed by atoms with Crippen LogP contribution < -0.4 is 0 Å². The maximum atomic E-state index is 12.0. The van der Waals surface area contributed by atoms with Gasteiger partial charge in [0.05, 0.1) is 16.7 Å². The highest BCUT2D eigenvalue weighted by Crippen LogP contribution is 2.25. The van der Waals surface area contributed by atoms with E-state index in [0.717, 1.165) is 0 Å². The van der Waals surface area contributed by atoms with Crippen molar-refractivity contribution >= 4 is 17.3 Å². The second-order valence-electron chi connectivity index (χ2n) is 10.2. The van der Waals surface area contributed by atoms with Gasteiger partial charge in [0.2, 0.25) is 0 Å². The molecular weight excluding hydrogens is 612 g/mol. The monoisotopic (exact) mass is 642 g/mol. The number of para-hydroxylation sites is 3. The number of phenolic OH excluding ortho intramolecular Hbond substituents is 6. The molecule has 0 spiro atoms. The average Bonchev–Trinajstić information content (AvgIpc) is 3.10. The van der Waals surface area contributed by atoms with E-state index in [4.69, 9.17) is 15.3 Å². The van der Waals surface area contributed by atoms with Crippen LogP contribution in [0.3, 0.4) is 0 Å². The lowest BCUT2D eigenvalue weighted by atomic mass is 10.0. The summed E-state index contributed by atoms with van der Waals surface area (Å²) in [6.07, 6.45) is 0. The van der Waals surface area contributed by atoms with Crippen molar-refractivity contribution in [2.45, 2.75) is 0 Å². The quantitative estimate of drug-likeness (QED) is 0.105. The molecule has 9 heteroatoms. The van der Waals surface area contributed by atoms with Crippen LogP contribution in [0.25, 0.3) is 0 Å². The first kappa shape index (κ1) is 34.0. The predicted molar refractivity (Wildman–Crippen MR) is 179 cm³/mol. The minimum Gasteiger partial charge on any atom is -0.508 e. The number of hydrogen-bond acceptors (Lipinski definition) is 9. The van der Waals surface area contributed by atoms with Crippen molar-refractivity contribution in [3.8, 4) is 34.5 Å². The lowest BCUT2D eigenvalue weighted by Crippen LogP contribution is -2.01. The van der Waals surface area contributed by atoms with Crippen LogP contribution in [-0.2, 0) is 0 Å². The maximum Gasteiger partial charge on any atom is 0.200 e. The van der Waals surface area contributed by atoms with Gasteiger partial charge in [0.25, 0.3) is 0 Å². The molecule has 9 nitrogen and oxygen atoms in total. The lowest BCUT2D eigenvalue weighted by molar-refractivity contribution is 0.102. The Balaban J connectivity index is 0.000000163. The number of carbonyl (C=O) groups is 3. The third-order valence-electron chi connectivity index (χ3n) is 6.83. The molecule has 0 aliphatic carbocycles. The summed E-state index contributed by atoms with van der Waals surface area (Å²) in [5.41, 5.74) is 2.06. The Morgan fingerprint density at radius 2 is 0.542 bits per heavy atom. The number of ketones is 3. The van der Waals surface area contributed by atoms with E-state index in [-0.39, 0.29) is 62.8 Å². The van der Waals surface area contributed by atoms with Crippen molar-refractivity contribution < 1.29 is 45.0 Å². The summed E-state index contributed by atoms with van der Waals surface area (Å²) < 4.78 is 0. The third kappa shape index (κ3) is 8.86. The van der Waals surface area contributed by atoms with Crippen LogP contribution in [-0.4, -0.2) is 48.0 Å². The van der Waals surface area contributed by atoms with Gasteiger partial charge in [-0.1, -0.05) is 36.4 Å². The van der Waals surface area contributed by atoms with Crippen molar-refractivity contribution in [1.29, 1.82) is 0 Å². The Morgan fingerprint density at radius 3 is 0.833 bits per heavy atom. The minimum absolute atomic E-state index is 0.0411. The lowest BCUT2D eigenvalue weighted by Gasteiger charge is -2.04. The zero-order valence-corrected chi connectivity index (χ0v) is 25.3. The normalized spacial score (nSPS) is 10.0. The summed E-state index contributed by atoms with van der Waals surface area (Å²) in [5, 5.41) is 55.9. The molecule has 6 aromatic carbocycles. The molecule has 0 atom stereocenters. The van der Waals surface area contributed by atoms with Gasteiger partial charge in [0.15, 0.2) is 17.3 Å². The van der Waals surface area contributed by atoms with Crippen LogP contribution in [0.5, 0.6) is 34.5 Å². The van der Waals surface area contributed by atoms with E-state index in [1.165, 1.54) is 78.9 Å². The summed E-state index contributed by atoms with van der Waals surface area (Å²) >= 11 is 0. The molecule has 0 fully saturated rings. The summed E-state index contributed by atoms with van der Waals surface area (Å²) in [7, 11) is 0. The number of benzene rings is 6. The van der Waals surface area contributed by atoms with E-state index in [0.29, 0.717) is 16.7 Å². The first-order chi connectivity index (χ1) is 23.0. The number of rotatable bonds is 6. The fourth-order valence-corrected chi connectivity index (χ4v) is 4.30. The molecule has 0 saturated heterocycles. The topological polar surface area (TPSA) is 173 Å². The van der Waals surface area contributed by atoms with Crippen molar-refractivity contribution in [3.63, 3.8) is 0 Å². The van der Waals surface area contributed by atoms with Crippen molar-refractivity contribution in [3.05, 3.63) is 179 Å². The Morgan fingerprint density at radius 1 is 0.292 bits per heavy atom. The maximum absolute atomic E-state index is 12.0. The highest BCUT2D eigenvalue weighted by Gasteiger charge is 2.16. The van der Waals surface area contributed by atoms with E-state index in [1.807, 2.05) is 0 Å². The summed E-state index contributed by atoms with van der Waals surface area (Å²) in [6.45, 7) is 0. The zero-order valence-electron chi connectivity index (χ0n) is 25.3. The molecule has 240 valence electrons. The zero-order chi connectivity index (χ0) is 34.6. The molecule has 0 radical (unpaired) electrons. The predicted octanol–water partition coefficient (Wildman–Crippen LogP) is 6.99. The fourth-order valence-electron chi connectivity index (χ4n) is 4.30. The van der Waals surface area contributed by atoms with E-state index in [1.54, 1.807) is 66.7 Å². The van der Waals surface area contributed by atoms with Crippen LogP contribution in [0.2, 0.25) is 0 Å². The summed E-state index contributed by atoms with van der Waals surface area (Å²) in [6, 6.07) is 36.9. The van der Waals surface area contributed by atoms with Crippen molar-refractivity contribution in [2.24, 2.45) is 0 Å². The third-order valence-corrected chi connectivity index (χ3v) is 6.83. The van der Waals surface area contributed by atoms with Gasteiger partial charge < -0.3 is 30.6 Å². The largest absolute Gasteiger partial charge is 0.508 e. The van der Waals surface area contributed by atoms with Crippen LogP contribution >= 0.6 is 0 Å². The molecule has 0 aromatic heterocycles. The van der Waals surface area contributed by atoms with Gasteiger partial charge in [0, 0.05) is 16.7 Å². The van der Waals surface area contributed by atoms with Crippen LogP contribution in [0.4, 0.5) is 0 Å². The Bertz CT molecular complexity index is 1920. The first-order valence-electron chi connectivity index (χ1n) is 14.4. The molecule has 0 aliphatic heterocycles. The molecule has 6 N–H and O–H groups in total. The first-order valence-corrected chi connectivity index (χ1v) is 14.4. The molecule has 6 aromatic rings. The van der Waals surface area contributed by atoms with Gasteiger partial charge in [0.1, 0.15) is 34.5 Å². The van der Waals surface area contributed by atoms with Gasteiger partial charge in [-0.2, -0.15) is 0 Å². The molecular formula is C39H30O9. The Hall–Kier alpha value is -6.87. The van der Waals surface area contributed by atoms with Gasteiger partial charge >= 0.3 is 0 Å². The van der Waals surface area contributed by atoms with Crippen molar-refractivity contribution in [2.75, 3.05) is 0 Å². The smallest absolute Gasteiger partial charge is 0.200 e. The van der Waals surface area contributed by atoms with Gasteiger partial charge in [-0.3, -0.25) is 14.4 Å². The molecule has 6 rings (SSSR count). The van der Waals surface area contributed by atoms with Crippen LogP contribution in [0.1, 0.15) is 47.8 Å². The van der Waals surface area contributed by atoms with Crippen LogP contribution in [0, 0.1) is 0 Å². The number of carbonyl (C=O) groups excluding carboxylic acids is 3. The summed E-state index contributed by atoms with van der Waals surface area (Å²) in [5.74, 6) is -0.653. The van der Waals surface area contributed by atoms with Gasteiger partial charge in [-0.05, 0) is 109 Å². The average molecular weight is 643 g/mol. The van der Waals surface area contributed by atoms with Gasteiger partial charge in [-0.25, -0.2) is 0 Å². The standard InChI is InChI=1S/3C13H10O3/c14-11-5-1-9(2-6-11)13(16)10-3-7-12(15)8-4-10;14-11-7-3-1-5-9(11)13(16)10-6-2-4-8-12(10)15;14-10-7-5-9(6-8-10)13(16)11-3-1-2-4-12(11)15/h3*1-8,14-15H. The molecule has 0 saturated carbocycles. The van der Waals surface area contributed by atoms with Crippen molar-refractivity contribution in [1.82, 2.24) is 0 Å². The number of hydrogen-bond donors (Lipinski definition) is 6. The second-order valence-corrected chi connectivity index (χ2v) is 10.2. The van der Waals surface area contributed by atoms with E-state index < -0.39 is 5.78 Å². The molecule has 0 heterocycles. The van der Waals surface area contributed by atoms with Crippen LogP contribution in [0.15, 0.2) is 146 Å². The molecule has 0 unspecified atom stereocenters. The Kier molecular flexibility index (Phi) is 11.3. The minimum atomic E-state index is -0.392. The second kappa shape index (κ2) is 15.9. The van der Waals surface area contributed by atoms with E-state index in [2.05, 4.69) is 0 Å². The molecule has 0 amide bonds. The molecule has 0 bridgehead atoms. The highest BCUT2D eigenvalue weighted by atomic mass is 16.3. The SMILES string of the molecule is O=C(c1ccc(O)cc1)c1ccc(O)cc1.O=C(c1ccc(O)cc1)c1ccccc1O.O=C(c1ccccc1O)c1ccccc1O. The van der Waals surface area contributed by atoms with Gasteiger partial charge in [-0.15, -0.1) is 0 Å². The van der Waals surface area contributed by atoms with E-state index in [9.17, 15) is 29.7 Å². The molecule has 48 heavy (non-hydrogen) atoms. The molecule has 0 aliphatic rings. The number of phenols is 6. The highest BCUT2D eigenvalue weighted by molar-refractivity contribution is 6.12.